The van der Waals surface area contributed by atoms with Gasteiger partial charge < -0.3 is 10.4 Å². The third-order valence-electron chi connectivity index (χ3n) is 2.33. The fraction of sp³-hybridized carbons (Fsp3) is 0. The van der Waals surface area contributed by atoms with Gasteiger partial charge in [-0.2, -0.15) is 0 Å². The summed E-state index contributed by atoms with van der Waals surface area (Å²) in [6.07, 6.45) is 2.51. The zero-order chi connectivity index (χ0) is 14.0. The maximum Gasteiger partial charge on any atom is 0.339 e. The highest BCUT2D eigenvalue weighted by Crippen LogP contribution is 2.27. The molecule has 0 spiro atoms. The standard InChI is InChI=1S/C12H7BrF2N2O2/c13-7-3-11(9(15)4-8(7)14)17-10-1-2-16-5-6(10)12(18)19/h1-5H,(H,16,17)(H,18,19). The van der Waals surface area contributed by atoms with Gasteiger partial charge in [-0.3, -0.25) is 4.98 Å². The van der Waals surface area contributed by atoms with Crippen LogP contribution >= 0.6 is 15.9 Å². The number of benzene rings is 1. The lowest BCUT2D eigenvalue weighted by molar-refractivity contribution is 0.0697. The number of anilines is 2. The van der Waals surface area contributed by atoms with Crippen molar-refractivity contribution in [3.63, 3.8) is 0 Å². The highest BCUT2D eigenvalue weighted by atomic mass is 79.9. The highest BCUT2D eigenvalue weighted by molar-refractivity contribution is 9.10. The molecular weight excluding hydrogens is 322 g/mol. The van der Waals surface area contributed by atoms with E-state index in [0.717, 1.165) is 6.20 Å². The van der Waals surface area contributed by atoms with E-state index >= 15 is 0 Å². The molecule has 0 unspecified atom stereocenters. The Morgan fingerprint density at radius 3 is 2.68 bits per heavy atom. The molecule has 1 aromatic heterocycles. The van der Waals surface area contributed by atoms with Crippen molar-refractivity contribution in [2.24, 2.45) is 0 Å². The lowest BCUT2D eigenvalue weighted by Crippen LogP contribution is -2.04. The number of nitrogens with one attached hydrogen (secondary N) is 1. The Kier molecular flexibility index (Phi) is 3.75. The molecule has 2 aromatic rings. The van der Waals surface area contributed by atoms with E-state index in [0.29, 0.717) is 6.07 Å². The first kappa shape index (κ1) is 13.4. The fourth-order valence-corrected chi connectivity index (χ4v) is 1.78. The highest BCUT2D eigenvalue weighted by Gasteiger charge is 2.13. The van der Waals surface area contributed by atoms with E-state index in [1.54, 1.807) is 0 Å². The normalized spacial score (nSPS) is 10.3. The number of pyridine rings is 1. The van der Waals surface area contributed by atoms with E-state index in [1.165, 1.54) is 18.3 Å². The third kappa shape index (κ3) is 2.87. The Morgan fingerprint density at radius 2 is 2.00 bits per heavy atom. The molecule has 0 bridgehead atoms. The number of hydrogen-bond donors (Lipinski definition) is 2. The van der Waals surface area contributed by atoms with Gasteiger partial charge in [0.25, 0.3) is 0 Å². The average molecular weight is 329 g/mol. The zero-order valence-electron chi connectivity index (χ0n) is 9.32. The van der Waals surface area contributed by atoms with Crippen LogP contribution in [0.2, 0.25) is 0 Å². The molecule has 4 nitrogen and oxygen atoms in total. The molecule has 1 heterocycles. The largest absolute Gasteiger partial charge is 0.478 e. The molecule has 98 valence electrons. The van der Waals surface area contributed by atoms with E-state index in [1.807, 2.05) is 0 Å². The van der Waals surface area contributed by atoms with E-state index in [4.69, 9.17) is 5.11 Å². The number of carboxylic acid groups (broad SMARTS) is 1. The molecule has 0 aliphatic heterocycles. The van der Waals surface area contributed by atoms with Crippen LogP contribution < -0.4 is 5.32 Å². The molecule has 0 saturated carbocycles. The Morgan fingerprint density at radius 1 is 1.26 bits per heavy atom. The fourth-order valence-electron chi connectivity index (χ4n) is 1.44. The molecule has 2 N–H and O–H groups in total. The van der Waals surface area contributed by atoms with E-state index < -0.39 is 17.6 Å². The predicted octanol–water partition coefficient (Wildman–Crippen LogP) is 3.56. The van der Waals surface area contributed by atoms with Crippen LogP contribution in [0.25, 0.3) is 0 Å². The molecule has 7 heteroatoms. The topological polar surface area (TPSA) is 62.2 Å². The van der Waals surface area contributed by atoms with E-state index in [-0.39, 0.29) is 21.4 Å². The summed E-state index contributed by atoms with van der Waals surface area (Å²) >= 11 is 2.93. The minimum atomic E-state index is -1.20. The molecule has 19 heavy (non-hydrogen) atoms. The summed E-state index contributed by atoms with van der Waals surface area (Å²) in [6, 6.07) is 3.28. The Bertz CT molecular complexity index is 650. The van der Waals surface area contributed by atoms with Crippen molar-refractivity contribution in [3.05, 3.63) is 52.3 Å². The first-order valence-corrected chi connectivity index (χ1v) is 5.87. The molecular formula is C12H7BrF2N2O2. The van der Waals surface area contributed by atoms with Gasteiger partial charge in [0.2, 0.25) is 0 Å². The molecule has 0 radical (unpaired) electrons. The number of hydrogen-bond acceptors (Lipinski definition) is 3. The van der Waals surface area contributed by atoms with Crippen LogP contribution in [0, 0.1) is 11.6 Å². The summed E-state index contributed by atoms with van der Waals surface area (Å²) in [6.45, 7) is 0. The quantitative estimate of drug-likeness (QED) is 0.845. The molecule has 0 aliphatic rings. The summed E-state index contributed by atoms with van der Waals surface area (Å²) in [5, 5.41) is 11.6. The molecule has 1 aromatic carbocycles. The number of aromatic carboxylic acids is 1. The predicted molar refractivity (Wildman–Crippen MR) is 68.5 cm³/mol. The number of carboxylic acids is 1. The van der Waals surface area contributed by atoms with Gasteiger partial charge in [-0.05, 0) is 28.1 Å². The molecule has 0 aliphatic carbocycles. The van der Waals surface area contributed by atoms with Crippen molar-refractivity contribution in [1.29, 1.82) is 0 Å². The first-order chi connectivity index (χ1) is 8.99. The van der Waals surface area contributed by atoms with Crippen LogP contribution in [0.3, 0.4) is 0 Å². The molecule has 0 fully saturated rings. The van der Waals surface area contributed by atoms with E-state index in [9.17, 15) is 13.6 Å². The average Bonchev–Trinajstić information content (AvgIpc) is 2.36. The Hall–Kier alpha value is -2.02. The van der Waals surface area contributed by atoms with Crippen molar-refractivity contribution in [1.82, 2.24) is 4.98 Å². The van der Waals surface area contributed by atoms with Crippen molar-refractivity contribution >= 4 is 33.3 Å². The molecule has 2 rings (SSSR count). The minimum absolute atomic E-state index is 0.0398. The van der Waals surface area contributed by atoms with Gasteiger partial charge >= 0.3 is 5.97 Å². The lowest BCUT2D eigenvalue weighted by Gasteiger charge is -2.10. The maximum atomic E-state index is 13.6. The summed E-state index contributed by atoms with van der Waals surface area (Å²) in [5.74, 6) is -2.76. The number of carbonyl (C=O) groups is 1. The summed E-state index contributed by atoms with van der Waals surface area (Å²) < 4.78 is 26.7. The molecule has 0 saturated heterocycles. The van der Waals surface area contributed by atoms with Gasteiger partial charge in [-0.25, -0.2) is 13.6 Å². The van der Waals surface area contributed by atoms with Gasteiger partial charge in [-0.15, -0.1) is 0 Å². The summed E-state index contributed by atoms with van der Waals surface area (Å²) in [5.41, 5.74) is 0.0178. The maximum absolute atomic E-state index is 13.6. The van der Waals surface area contributed by atoms with Gasteiger partial charge in [0.1, 0.15) is 17.2 Å². The van der Waals surface area contributed by atoms with Crippen LogP contribution in [0.1, 0.15) is 10.4 Å². The van der Waals surface area contributed by atoms with Crippen LogP contribution in [0.5, 0.6) is 0 Å². The number of halogens is 3. The van der Waals surface area contributed by atoms with Crippen molar-refractivity contribution < 1.29 is 18.7 Å². The smallest absolute Gasteiger partial charge is 0.339 e. The monoisotopic (exact) mass is 328 g/mol. The zero-order valence-corrected chi connectivity index (χ0v) is 10.9. The van der Waals surface area contributed by atoms with Crippen LogP contribution in [-0.2, 0) is 0 Å². The van der Waals surface area contributed by atoms with Crippen molar-refractivity contribution in [2.45, 2.75) is 0 Å². The summed E-state index contributed by atoms with van der Waals surface area (Å²) in [7, 11) is 0. The van der Waals surface area contributed by atoms with Crippen LogP contribution in [0.15, 0.2) is 35.1 Å². The Labute approximate surface area is 115 Å². The van der Waals surface area contributed by atoms with Gasteiger partial charge in [0.15, 0.2) is 0 Å². The minimum Gasteiger partial charge on any atom is -0.478 e. The molecule has 0 amide bonds. The van der Waals surface area contributed by atoms with Crippen LogP contribution in [-0.4, -0.2) is 16.1 Å². The van der Waals surface area contributed by atoms with Gasteiger partial charge in [0.05, 0.1) is 15.8 Å². The van der Waals surface area contributed by atoms with Crippen molar-refractivity contribution in [3.8, 4) is 0 Å². The van der Waals surface area contributed by atoms with Gasteiger partial charge in [0, 0.05) is 18.5 Å². The van der Waals surface area contributed by atoms with Crippen LogP contribution in [0.4, 0.5) is 20.2 Å². The van der Waals surface area contributed by atoms with Crippen molar-refractivity contribution in [2.75, 3.05) is 5.32 Å². The number of aromatic nitrogens is 1. The number of rotatable bonds is 3. The van der Waals surface area contributed by atoms with Gasteiger partial charge in [-0.1, -0.05) is 0 Å². The number of nitrogens with zero attached hydrogens (tertiary/aromatic N) is 1. The third-order valence-corrected chi connectivity index (χ3v) is 2.94. The first-order valence-electron chi connectivity index (χ1n) is 5.08. The second kappa shape index (κ2) is 5.31. The lowest BCUT2D eigenvalue weighted by atomic mass is 10.2. The SMILES string of the molecule is O=C(O)c1cnccc1Nc1cc(Br)c(F)cc1F. The molecule has 0 atom stereocenters. The second-order valence-electron chi connectivity index (χ2n) is 3.60. The second-order valence-corrected chi connectivity index (χ2v) is 4.45. The summed E-state index contributed by atoms with van der Waals surface area (Å²) in [4.78, 5) is 14.7. The Balaban J connectivity index is 2.42. The van der Waals surface area contributed by atoms with E-state index in [2.05, 4.69) is 26.2 Å².